The number of allylic oxidation sites excluding steroid dienone is 2. The average molecular weight is 309 g/mol. The molecule has 1 aromatic carbocycles. The van der Waals surface area contributed by atoms with Gasteiger partial charge in [-0.2, -0.15) is 0 Å². The van der Waals surface area contributed by atoms with Gasteiger partial charge in [0.2, 0.25) is 11.8 Å². The summed E-state index contributed by atoms with van der Waals surface area (Å²) in [6.45, 7) is 2.42. The molecule has 2 saturated carbocycles. The first-order valence-electron chi connectivity index (χ1n) is 8.50. The quantitative estimate of drug-likeness (QED) is 0.637. The van der Waals surface area contributed by atoms with Gasteiger partial charge in [0.15, 0.2) is 0 Å². The zero-order valence-electron chi connectivity index (χ0n) is 13.0. The first-order chi connectivity index (χ1) is 11.2. The Morgan fingerprint density at radius 2 is 1.65 bits per heavy atom. The third-order valence-corrected chi connectivity index (χ3v) is 6.07. The number of imide groups is 1. The zero-order chi connectivity index (χ0) is 15.7. The molecule has 2 amide bonds. The van der Waals surface area contributed by atoms with Crippen molar-refractivity contribution in [3.63, 3.8) is 0 Å². The standard InChI is InChI=1S/C19H19NO3/c1-2-23-15-6-4-3-5-14(15)20-18(21)16-10-7-8-11(13-9-12(10)13)17(16)19(20)22/h3-8,10-13,16-17H,2,9H2,1H3/t10-,11-,12-,13+,16-,17+/m0/s1. The molecule has 0 spiro atoms. The maximum absolute atomic E-state index is 13.1. The predicted molar refractivity (Wildman–Crippen MR) is 84.8 cm³/mol. The highest BCUT2D eigenvalue weighted by molar-refractivity contribution is 6.23. The minimum absolute atomic E-state index is 0.0307. The Labute approximate surface area is 135 Å². The van der Waals surface area contributed by atoms with Crippen molar-refractivity contribution in [2.24, 2.45) is 35.5 Å². The SMILES string of the molecule is CCOc1ccccc1N1C(=O)[C@@H]2[C@H]3C=C[C@@H]([C@@H]4C[C@H]34)[C@@H]2C1=O. The summed E-state index contributed by atoms with van der Waals surface area (Å²) in [5.41, 5.74) is 0.604. The molecule has 5 aliphatic rings. The maximum atomic E-state index is 13.1. The fourth-order valence-electron chi connectivity index (χ4n) is 5.11. The van der Waals surface area contributed by atoms with Crippen LogP contribution in [0.5, 0.6) is 5.75 Å². The van der Waals surface area contributed by atoms with E-state index >= 15 is 0 Å². The minimum Gasteiger partial charge on any atom is -0.492 e. The van der Waals surface area contributed by atoms with Crippen LogP contribution in [-0.2, 0) is 9.59 Å². The van der Waals surface area contributed by atoms with Crippen LogP contribution >= 0.6 is 0 Å². The minimum atomic E-state index is -0.157. The van der Waals surface area contributed by atoms with Gasteiger partial charge in [-0.05, 0) is 49.1 Å². The Kier molecular flexibility index (Phi) is 2.59. The van der Waals surface area contributed by atoms with E-state index in [9.17, 15) is 9.59 Å². The second-order valence-electron chi connectivity index (χ2n) is 7.07. The molecule has 6 atom stereocenters. The summed E-state index contributed by atoms with van der Waals surface area (Å²) >= 11 is 0. The molecule has 118 valence electrons. The van der Waals surface area contributed by atoms with Gasteiger partial charge in [0, 0.05) is 0 Å². The molecule has 0 N–H and O–H groups in total. The van der Waals surface area contributed by atoms with E-state index in [-0.39, 0.29) is 35.5 Å². The van der Waals surface area contributed by atoms with Crippen LogP contribution in [0.3, 0.4) is 0 Å². The van der Waals surface area contributed by atoms with Crippen LogP contribution in [0, 0.1) is 35.5 Å². The molecule has 0 radical (unpaired) electrons. The number of hydrogen-bond donors (Lipinski definition) is 0. The molecule has 1 aromatic rings. The Balaban J connectivity index is 1.57. The Hall–Kier alpha value is -2.10. The Morgan fingerprint density at radius 3 is 2.26 bits per heavy atom. The molecule has 4 aliphatic carbocycles. The van der Waals surface area contributed by atoms with E-state index in [1.54, 1.807) is 0 Å². The molecule has 1 aliphatic heterocycles. The van der Waals surface area contributed by atoms with Crippen LogP contribution in [0.4, 0.5) is 5.69 Å². The van der Waals surface area contributed by atoms with Gasteiger partial charge >= 0.3 is 0 Å². The molecule has 0 aromatic heterocycles. The normalized spacial score (nSPS) is 39.4. The van der Waals surface area contributed by atoms with Crippen LogP contribution in [0.25, 0.3) is 0 Å². The van der Waals surface area contributed by atoms with Gasteiger partial charge in [-0.1, -0.05) is 24.3 Å². The zero-order valence-corrected chi connectivity index (χ0v) is 13.0. The number of nitrogens with zero attached hydrogens (tertiary/aromatic N) is 1. The third kappa shape index (κ3) is 1.61. The van der Waals surface area contributed by atoms with Crippen LogP contribution in [-0.4, -0.2) is 18.4 Å². The molecule has 4 nitrogen and oxygen atoms in total. The summed E-state index contributed by atoms with van der Waals surface area (Å²) in [4.78, 5) is 27.6. The van der Waals surface area contributed by atoms with E-state index in [1.165, 1.54) is 11.3 Å². The lowest BCUT2D eigenvalue weighted by Crippen LogP contribution is -2.40. The molecule has 6 rings (SSSR count). The number of carbonyl (C=O) groups is 2. The predicted octanol–water partition coefficient (Wildman–Crippen LogP) is 2.64. The molecular formula is C19H19NO3. The summed E-state index contributed by atoms with van der Waals surface area (Å²) < 4.78 is 5.64. The van der Waals surface area contributed by atoms with Gasteiger partial charge in [0.1, 0.15) is 5.75 Å². The van der Waals surface area contributed by atoms with Crippen molar-refractivity contribution in [1.29, 1.82) is 0 Å². The number of benzene rings is 1. The van der Waals surface area contributed by atoms with Crippen molar-refractivity contribution < 1.29 is 14.3 Å². The number of para-hydroxylation sites is 2. The molecule has 2 bridgehead atoms. The van der Waals surface area contributed by atoms with Crippen LogP contribution < -0.4 is 9.64 Å². The molecule has 1 saturated heterocycles. The third-order valence-electron chi connectivity index (χ3n) is 6.07. The number of amides is 2. The monoisotopic (exact) mass is 309 g/mol. The summed E-state index contributed by atoms with van der Waals surface area (Å²) in [7, 11) is 0. The largest absolute Gasteiger partial charge is 0.492 e. The van der Waals surface area contributed by atoms with Gasteiger partial charge in [0.25, 0.3) is 0 Å². The fourth-order valence-corrected chi connectivity index (χ4v) is 5.11. The van der Waals surface area contributed by atoms with E-state index in [4.69, 9.17) is 4.74 Å². The number of ether oxygens (including phenoxy) is 1. The van der Waals surface area contributed by atoms with Crippen molar-refractivity contribution in [3.05, 3.63) is 36.4 Å². The van der Waals surface area contributed by atoms with Gasteiger partial charge < -0.3 is 4.74 Å². The van der Waals surface area contributed by atoms with Crippen LogP contribution in [0.2, 0.25) is 0 Å². The number of hydrogen-bond acceptors (Lipinski definition) is 3. The van der Waals surface area contributed by atoms with Crippen molar-refractivity contribution in [1.82, 2.24) is 0 Å². The van der Waals surface area contributed by atoms with Gasteiger partial charge in [-0.25, -0.2) is 4.90 Å². The topological polar surface area (TPSA) is 46.6 Å². The molecule has 0 unspecified atom stereocenters. The van der Waals surface area contributed by atoms with Crippen molar-refractivity contribution in [2.75, 3.05) is 11.5 Å². The van der Waals surface area contributed by atoms with Crippen molar-refractivity contribution in [3.8, 4) is 5.75 Å². The summed E-state index contributed by atoms with van der Waals surface area (Å²) in [6, 6.07) is 7.36. The smallest absolute Gasteiger partial charge is 0.238 e. The van der Waals surface area contributed by atoms with E-state index in [1.807, 2.05) is 31.2 Å². The molecule has 4 heteroatoms. The highest BCUT2D eigenvalue weighted by atomic mass is 16.5. The highest BCUT2D eigenvalue weighted by Gasteiger charge is 2.67. The Morgan fingerprint density at radius 1 is 1.04 bits per heavy atom. The summed E-state index contributed by atoms with van der Waals surface area (Å²) in [5.74, 6) is 2.02. The van der Waals surface area contributed by atoms with Crippen LogP contribution in [0.15, 0.2) is 36.4 Å². The second-order valence-corrected chi connectivity index (χ2v) is 7.07. The van der Waals surface area contributed by atoms with E-state index in [0.29, 0.717) is 29.9 Å². The number of carbonyl (C=O) groups excluding carboxylic acids is 2. The first-order valence-corrected chi connectivity index (χ1v) is 8.50. The van der Waals surface area contributed by atoms with Gasteiger partial charge in [0.05, 0.1) is 24.1 Å². The number of anilines is 1. The lowest BCUT2D eigenvalue weighted by atomic mass is 9.63. The summed E-state index contributed by atoms with van der Waals surface area (Å²) in [5, 5.41) is 0. The van der Waals surface area contributed by atoms with E-state index in [2.05, 4.69) is 12.2 Å². The van der Waals surface area contributed by atoms with Gasteiger partial charge in [-0.15, -0.1) is 0 Å². The lowest BCUT2D eigenvalue weighted by Gasteiger charge is -2.37. The van der Waals surface area contributed by atoms with E-state index < -0.39 is 0 Å². The summed E-state index contributed by atoms with van der Waals surface area (Å²) in [6.07, 6.45) is 5.58. The fraction of sp³-hybridized carbons (Fsp3) is 0.474. The number of rotatable bonds is 3. The molecule has 3 fully saturated rings. The maximum Gasteiger partial charge on any atom is 0.238 e. The van der Waals surface area contributed by atoms with Crippen molar-refractivity contribution >= 4 is 17.5 Å². The molecular weight excluding hydrogens is 290 g/mol. The second kappa shape index (κ2) is 4.47. The first kappa shape index (κ1) is 13.3. The molecule has 23 heavy (non-hydrogen) atoms. The lowest BCUT2D eigenvalue weighted by molar-refractivity contribution is -0.124. The average Bonchev–Trinajstić information content (AvgIpc) is 3.34. The van der Waals surface area contributed by atoms with Gasteiger partial charge in [-0.3, -0.25) is 9.59 Å². The van der Waals surface area contributed by atoms with Crippen LogP contribution in [0.1, 0.15) is 13.3 Å². The highest BCUT2D eigenvalue weighted by Crippen LogP contribution is 2.65. The van der Waals surface area contributed by atoms with Crippen molar-refractivity contribution in [2.45, 2.75) is 13.3 Å². The van der Waals surface area contributed by atoms with E-state index in [0.717, 1.165) is 0 Å². The molecule has 1 heterocycles. The Bertz CT molecular complexity index is 704.